The zero-order chi connectivity index (χ0) is 2.00. The van der Waals surface area contributed by atoms with Crippen molar-refractivity contribution in [3.8, 4) is 0 Å². The molecule has 2 nitrogen and oxygen atoms in total. The van der Waals surface area contributed by atoms with Crippen LogP contribution >= 0.6 is 0 Å². The van der Waals surface area contributed by atoms with Gasteiger partial charge in [0, 0.05) is 0 Å². The number of hydrogen-bond acceptors (Lipinski definition) is 1. The Bertz CT molecular complexity index is 9.61. The van der Waals surface area contributed by atoms with Gasteiger partial charge < -0.3 is 10.3 Å². The Morgan fingerprint density at radius 1 is 1.20 bits per heavy atom. The fourth-order valence-corrected chi connectivity index (χ4v) is 0. The van der Waals surface area contributed by atoms with Crippen LogP contribution in [-0.2, 0) is 4.79 Å². The monoisotopic (exact) mass is 112 g/mol. The third kappa shape index (κ3) is 22.2. The van der Waals surface area contributed by atoms with Crippen LogP contribution in [0.5, 0.6) is 0 Å². The molecule has 0 unspecified atom stereocenters. The van der Waals surface area contributed by atoms with Crippen molar-refractivity contribution in [2.24, 2.45) is 0 Å². The van der Waals surface area contributed by atoms with E-state index in [1.165, 1.54) is 0 Å². The van der Waals surface area contributed by atoms with Crippen molar-refractivity contribution < 1.29 is 10.3 Å². The molecule has 2 N–H and O–H groups in total. The van der Waals surface area contributed by atoms with Gasteiger partial charge in [0.2, 0.25) is 0 Å². The summed E-state index contributed by atoms with van der Waals surface area (Å²) in [5.74, 6) is 0. The van der Waals surface area contributed by atoms with Crippen molar-refractivity contribution in [1.29, 1.82) is 0 Å². The summed E-state index contributed by atoms with van der Waals surface area (Å²) in [6.45, 7) is 2.00. The van der Waals surface area contributed by atoms with E-state index in [9.17, 15) is 0 Å². The topological polar surface area (TPSA) is 48.6 Å². The van der Waals surface area contributed by atoms with E-state index in [1.54, 1.807) is 0 Å². The third-order valence-corrected chi connectivity index (χ3v) is 0. The second kappa shape index (κ2) is 33.8. The van der Waals surface area contributed by atoms with Gasteiger partial charge in [0.1, 0.15) is 6.79 Å². The maximum absolute atomic E-state index is 8.00. The normalized spacial score (nSPS) is 0.800. The van der Waals surface area contributed by atoms with Crippen molar-refractivity contribution >= 4 is 87.7 Å². The Morgan fingerprint density at radius 2 is 1.20 bits per heavy atom. The Kier molecular flexibility index (Phi) is 181. The summed E-state index contributed by atoms with van der Waals surface area (Å²) in [5.41, 5.74) is 0. The average Bonchev–Trinajstić information content (AvgIpc) is 1.00. The van der Waals surface area contributed by atoms with Gasteiger partial charge >= 0.3 is 80.9 Å². The molecule has 0 spiro atoms. The van der Waals surface area contributed by atoms with E-state index in [4.69, 9.17) is 4.79 Å². The van der Waals surface area contributed by atoms with Crippen molar-refractivity contribution in [2.75, 3.05) is 0 Å². The number of hydrogen-bond donors (Lipinski definition) is 0. The predicted molar refractivity (Wildman–Crippen MR) is 25.0 cm³/mol. The zero-order valence-corrected chi connectivity index (χ0v) is 1.62. The fourth-order valence-electron chi connectivity index (χ4n) is 0. The van der Waals surface area contributed by atoms with Gasteiger partial charge in [0.25, 0.3) is 0 Å². The molecule has 0 saturated carbocycles. The van der Waals surface area contributed by atoms with Crippen LogP contribution in [0.3, 0.4) is 0 Å². The van der Waals surface area contributed by atoms with Gasteiger partial charge in [-0.15, -0.1) is 0 Å². The first kappa shape index (κ1) is 26.7. The molecular formula is CH6KNaO2. The summed E-state index contributed by atoms with van der Waals surface area (Å²) in [5, 5.41) is 0. The molecule has 0 radical (unpaired) electrons. The second-order valence-corrected chi connectivity index (χ2v) is 0. The molecule has 0 aliphatic heterocycles. The molecule has 0 amide bonds. The molecule has 0 heterocycles. The van der Waals surface area contributed by atoms with E-state index in [2.05, 4.69) is 0 Å². The molecule has 0 aromatic rings. The van der Waals surface area contributed by atoms with Gasteiger partial charge in [0.05, 0.1) is 0 Å². The molecule has 4 heteroatoms. The predicted octanol–water partition coefficient (Wildman–Crippen LogP) is -2.31. The molecule has 5 heavy (non-hydrogen) atoms. The maximum atomic E-state index is 8.00. The van der Waals surface area contributed by atoms with Crippen LogP contribution in [0.1, 0.15) is 0 Å². The van der Waals surface area contributed by atoms with Crippen LogP contribution < -0.4 is 0 Å². The van der Waals surface area contributed by atoms with E-state index in [0.717, 1.165) is 0 Å². The first-order valence-electron chi connectivity index (χ1n) is 0.289. The minimum atomic E-state index is 0. The van der Waals surface area contributed by atoms with Gasteiger partial charge in [-0.1, -0.05) is 0 Å². The Hall–Kier alpha value is 2.27. The van der Waals surface area contributed by atoms with E-state index < -0.39 is 0 Å². The second-order valence-electron chi connectivity index (χ2n) is 0. The van der Waals surface area contributed by atoms with E-state index in [-0.39, 0.29) is 86.4 Å². The Balaban J connectivity index is -0.00000000167. The summed E-state index contributed by atoms with van der Waals surface area (Å²) >= 11 is 0. The quantitative estimate of drug-likeness (QED) is 0.325. The van der Waals surface area contributed by atoms with E-state index in [1.807, 2.05) is 6.79 Å². The third-order valence-electron chi connectivity index (χ3n) is 0. The molecule has 0 atom stereocenters. The molecule has 0 rings (SSSR count). The molecular weight excluding hydrogens is 106 g/mol. The van der Waals surface area contributed by atoms with Crippen molar-refractivity contribution in [1.82, 2.24) is 0 Å². The Morgan fingerprint density at radius 3 is 1.20 bits per heavy atom. The van der Waals surface area contributed by atoms with Crippen molar-refractivity contribution in [3.05, 3.63) is 0 Å². The van der Waals surface area contributed by atoms with Gasteiger partial charge in [-0.3, -0.25) is 0 Å². The number of carbonyl (C=O) groups excluding carboxylic acids is 1. The zero-order valence-electron chi connectivity index (χ0n) is 1.62. The van der Waals surface area contributed by atoms with Crippen LogP contribution in [-0.4, -0.2) is 93.2 Å². The fraction of sp³-hybridized carbons (Fsp3) is 0. The van der Waals surface area contributed by atoms with E-state index in [0.29, 0.717) is 0 Å². The average molecular weight is 112 g/mol. The molecule has 0 aliphatic rings. The van der Waals surface area contributed by atoms with Gasteiger partial charge in [-0.05, 0) is 0 Å². The summed E-state index contributed by atoms with van der Waals surface area (Å²) < 4.78 is 0. The molecule has 0 aliphatic carbocycles. The summed E-state index contributed by atoms with van der Waals surface area (Å²) in [6.07, 6.45) is 0. The summed E-state index contributed by atoms with van der Waals surface area (Å²) in [7, 11) is 0. The van der Waals surface area contributed by atoms with Crippen molar-refractivity contribution in [3.63, 3.8) is 0 Å². The molecule has 0 bridgehead atoms. The van der Waals surface area contributed by atoms with Crippen LogP contribution in [0.4, 0.5) is 0 Å². The number of rotatable bonds is 0. The van der Waals surface area contributed by atoms with Gasteiger partial charge in [-0.2, -0.15) is 0 Å². The van der Waals surface area contributed by atoms with Gasteiger partial charge in [-0.25, -0.2) is 0 Å². The first-order valence-corrected chi connectivity index (χ1v) is 0.289. The summed E-state index contributed by atoms with van der Waals surface area (Å²) in [6, 6.07) is 0. The van der Waals surface area contributed by atoms with Crippen LogP contribution in [0.15, 0.2) is 0 Å². The molecule has 0 aromatic heterocycles. The van der Waals surface area contributed by atoms with Crippen LogP contribution in [0.25, 0.3) is 0 Å². The molecule has 24 valence electrons. The first-order chi connectivity index (χ1) is 1.00. The Labute approximate surface area is 95.7 Å². The minimum absolute atomic E-state index is 0. The SMILES string of the molecule is C=O.O.[KH].[NaH]. The summed E-state index contributed by atoms with van der Waals surface area (Å²) in [4.78, 5) is 8.00. The molecule has 0 fully saturated rings. The van der Waals surface area contributed by atoms with Crippen LogP contribution in [0, 0.1) is 0 Å². The number of carbonyl (C=O) groups is 1. The molecule has 0 aromatic carbocycles. The van der Waals surface area contributed by atoms with Crippen molar-refractivity contribution in [2.45, 2.75) is 0 Å². The molecule has 0 saturated heterocycles. The van der Waals surface area contributed by atoms with Crippen LogP contribution in [0.2, 0.25) is 0 Å². The standard InChI is InChI=1S/CH2O.K.Na.H2O.2H/c1-2;;;;;/h1H2;;;1H2;;. The van der Waals surface area contributed by atoms with E-state index >= 15 is 0 Å². The van der Waals surface area contributed by atoms with Gasteiger partial charge in [0.15, 0.2) is 0 Å².